The Morgan fingerprint density at radius 1 is 0.953 bits per heavy atom. The molecule has 2 saturated carbocycles. The minimum Gasteiger partial charge on any atom is -0.424 e. The number of nitrogens with zero attached hydrogens (tertiary/aromatic N) is 5. The maximum atomic E-state index is 12.5. The summed E-state index contributed by atoms with van der Waals surface area (Å²) in [6, 6.07) is 13.4. The van der Waals surface area contributed by atoms with Crippen LogP contribution in [-0.2, 0) is 0 Å². The van der Waals surface area contributed by atoms with Crippen LogP contribution < -0.4 is 20.9 Å². The van der Waals surface area contributed by atoms with Gasteiger partial charge in [-0.2, -0.15) is 4.98 Å². The Bertz CT molecular complexity index is 1550. The number of hydrogen-bond acceptors (Lipinski definition) is 10. The van der Waals surface area contributed by atoms with Crippen LogP contribution in [0.15, 0.2) is 57.7 Å². The van der Waals surface area contributed by atoms with Gasteiger partial charge in [0.25, 0.3) is 11.9 Å². The first-order chi connectivity index (χ1) is 21.1. The summed E-state index contributed by atoms with van der Waals surface area (Å²) < 4.78 is 11.2. The van der Waals surface area contributed by atoms with Crippen LogP contribution in [0.25, 0.3) is 22.8 Å². The van der Waals surface area contributed by atoms with E-state index in [0.29, 0.717) is 52.9 Å². The molecule has 11 nitrogen and oxygen atoms in total. The summed E-state index contributed by atoms with van der Waals surface area (Å²) in [5.41, 5.74) is 3.31. The normalized spacial score (nSPS) is 22.3. The lowest BCUT2D eigenvalue weighted by Crippen LogP contribution is -2.54. The van der Waals surface area contributed by atoms with Crippen molar-refractivity contribution in [2.24, 2.45) is 0 Å². The first kappa shape index (κ1) is 27.6. The second-order valence-corrected chi connectivity index (χ2v) is 12.0. The first-order valence-electron chi connectivity index (χ1n) is 15.5. The summed E-state index contributed by atoms with van der Waals surface area (Å²) >= 11 is 0. The molecule has 43 heavy (non-hydrogen) atoms. The molecule has 3 N–H and O–H groups in total. The molecule has 7 rings (SSSR count). The molecule has 1 aromatic carbocycles. The van der Waals surface area contributed by atoms with Gasteiger partial charge in [0.05, 0.1) is 18.1 Å². The zero-order chi connectivity index (χ0) is 29.2. The molecular formula is C32H38N8O3. The first-order valence-corrected chi connectivity index (χ1v) is 15.5. The smallest absolute Gasteiger partial charge is 0.295 e. The van der Waals surface area contributed by atoms with Gasteiger partial charge in [-0.1, -0.05) is 30.1 Å². The SMILES string of the molecule is Cc1nc(-c2ccc(N3CCC[C@H](N[C@@H]4CCCC[C@H]4Nc4ncc(-c5cccc(C(=O)NC6CC6)c5)o4)C3)cn2)no1. The molecule has 11 heteroatoms. The van der Waals surface area contributed by atoms with Crippen molar-refractivity contribution in [2.45, 2.75) is 82.5 Å². The van der Waals surface area contributed by atoms with Crippen molar-refractivity contribution in [3.8, 4) is 22.8 Å². The number of carbonyl (C=O) groups excluding carboxylic acids is 1. The van der Waals surface area contributed by atoms with Gasteiger partial charge in [0.15, 0.2) is 5.76 Å². The van der Waals surface area contributed by atoms with Crippen LogP contribution in [0.3, 0.4) is 0 Å². The van der Waals surface area contributed by atoms with Crippen LogP contribution in [0, 0.1) is 6.92 Å². The Kier molecular flexibility index (Phi) is 7.80. The van der Waals surface area contributed by atoms with E-state index in [9.17, 15) is 4.79 Å². The quantitative estimate of drug-likeness (QED) is 0.248. The number of aryl methyl sites for hydroxylation is 1. The van der Waals surface area contributed by atoms with E-state index in [4.69, 9.17) is 8.94 Å². The van der Waals surface area contributed by atoms with Crippen molar-refractivity contribution in [1.82, 2.24) is 30.7 Å². The number of pyridine rings is 1. The number of oxazole rings is 1. The predicted octanol–water partition coefficient (Wildman–Crippen LogP) is 4.97. The fraction of sp³-hybridized carbons (Fsp3) is 0.469. The van der Waals surface area contributed by atoms with Gasteiger partial charge < -0.3 is 29.8 Å². The molecule has 1 aliphatic heterocycles. The molecule has 2 aliphatic carbocycles. The number of amides is 1. The average molecular weight is 583 g/mol. The van der Waals surface area contributed by atoms with Crippen LogP contribution in [-0.4, -0.2) is 63.3 Å². The summed E-state index contributed by atoms with van der Waals surface area (Å²) in [6.07, 6.45) is 12.6. The number of carbonyl (C=O) groups is 1. The van der Waals surface area contributed by atoms with E-state index in [2.05, 4.69) is 47.0 Å². The molecular weight excluding hydrogens is 544 g/mol. The lowest BCUT2D eigenvalue weighted by molar-refractivity contribution is 0.0951. The third kappa shape index (κ3) is 6.56. The molecule has 0 radical (unpaired) electrons. The van der Waals surface area contributed by atoms with Gasteiger partial charge in [-0.3, -0.25) is 9.78 Å². The number of piperidine rings is 1. The number of nitrogens with one attached hydrogen (secondary N) is 3. The molecule has 4 aromatic rings. The van der Waals surface area contributed by atoms with E-state index in [1.807, 2.05) is 36.5 Å². The topological polar surface area (TPSA) is 134 Å². The van der Waals surface area contributed by atoms with Gasteiger partial charge in [0, 0.05) is 55.3 Å². The van der Waals surface area contributed by atoms with Crippen LogP contribution in [0.5, 0.6) is 0 Å². The van der Waals surface area contributed by atoms with Crippen molar-refractivity contribution in [3.05, 3.63) is 60.2 Å². The predicted molar refractivity (Wildman–Crippen MR) is 163 cm³/mol. The van der Waals surface area contributed by atoms with Crippen LogP contribution in [0.4, 0.5) is 11.7 Å². The van der Waals surface area contributed by atoms with Gasteiger partial charge in [-0.15, -0.1) is 0 Å². The molecule has 1 amide bonds. The molecule has 0 spiro atoms. The van der Waals surface area contributed by atoms with E-state index in [0.717, 1.165) is 62.9 Å². The summed E-state index contributed by atoms with van der Waals surface area (Å²) in [5, 5.41) is 14.6. The van der Waals surface area contributed by atoms with Gasteiger partial charge in [0.2, 0.25) is 11.7 Å². The maximum absolute atomic E-state index is 12.5. The Morgan fingerprint density at radius 3 is 2.63 bits per heavy atom. The van der Waals surface area contributed by atoms with Crippen LogP contribution >= 0.6 is 0 Å². The lowest BCUT2D eigenvalue weighted by atomic mass is 9.89. The molecule has 3 aromatic heterocycles. The standard InChI is InChI=1S/C32H38N8O3/c1-20-35-30(39-43-20)28-14-13-25(17-33-28)40-15-5-8-24(19-40)36-26-9-2-3-10-27(26)38-32-34-18-29(42-32)21-6-4-7-22(16-21)31(41)37-23-11-12-23/h4,6-7,13-14,16-18,23-24,26-27,36H,2-3,5,8-12,15,19H2,1H3,(H,34,38)(H,37,41)/t24-,26+,27+/m0/s1. The van der Waals surface area contributed by atoms with E-state index in [1.165, 1.54) is 12.8 Å². The van der Waals surface area contributed by atoms with Gasteiger partial charge in [-0.25, -0.2) is 4.98 Å². The van der Waals surface area contributed by atoms with Crippen molar-refractivity contribution in [1.29, 1.82) is 0 Å². The molecule has 3 aliphatic rings. The Balaban J connectivity index is 0.972. The highest BCUT2D eigenvalue weighted by molar-refractivity contribution is 5.95. The fourth-order valence-corrected chi connectivity index (χ4v) is 6.21. The molecule has 4 heterocycles. The molecule has 3 atom stereocenters. The van der Waals surface area contributed by atoms with Crippen molar-refractivity contribution in [3.63, 3.8) is 0 Å². The number of rotatable bonds is 9. The monoisotopic (exact) mass is 582 g/mol. The van der Waals surface area contributed by atoms with Crippen molar-refractivity contribution >= 4 is 17.6 Å². The Labute approximate surface area is 250 Å². The maximum Gasteiger partial charge on any atom is 0.295 e. The Hall–Kier alpha value is -4.25. The summed E-state index contributed by atoms with van der Waals surface area (Å²) in [5.74, 6) is 1.66. The molecule has 1 saturated heterocycles. The largest absolute Gasteiger partial charge is 0.424 e. The second-order valence-electron chi connectivity index (χ2n) is 12.0. The fourth-order valence-electron chi connectivity index (χ4n) is 6.21. The number of benzene rings is 1. The molecule has 224 valence electrons. The highest BCUT2D eigenvalue weighted by Gasteiger charge is 2.30. The van der Waals surface area contributed by atoms with Gasteiger partial charge in [-0.05, 0) is 62.8 Å². The third-order valence-electron chi connectivity index (χ3n) is 8.64. The third-order valence-corrected chi connectivity index (χ3v) is 8.64. The molecule has 3 fully saturated rings. The lowest BCUT2D eigenvalue weighted by Gasteiger charge is -2.40. The Morgan fingerprint density at radius 2 is 1.84 bits per heavy atom. The average Bonchev–Trinajstić information content (AvgIpc) is 3.54. The minimum atomic E-state index is -0.0354. The number of hydrogen-bond donors (Lipinski definition) is 3. The van der Waals surface area contributed by atoms with Crippen molar-refractivity contribution in [2.75, 3.05) is 23.3 Å². The zero-order valence-electron chi connectivity index (χ0n) is 24.5. The number of aromatic nitrogens is 4. The minimum absolute atomic E-state index is 0.0354. The highest BCUT2D eigenvalue weighted by atomic mass is 16.5. The molecule has 0 unspecified atom stereocenters. The van der Waals surface area contributed by atoms with Crippen LogP contribution in [0.2, 0.25) is 0 Å². The zero-order valence-corrected chi connectivity index (χ0v) is 24.5. The summed E-state index contributed by atoms with van der Waals surface area (Å²) in [4.78, 5) is 28.4. The van der Waals surface area contributed by atoms with Crippen molar-refractivity contribution < 1.29 is 13.7 Å². The molecule has 0 bridgehead atoms. The van der Waals surface area contributed by atoms with Gasteiger partial charge in [0.1, 0.15) is 5.69 Å². The van der Waals surface area contributed by atoms with Gasteiger partial charge >= 0.3 is 0 Å². The van der Waals surface area contributed by atoms with E-state index in [1.54, 1.807) is 13.1 Å². The second kappa shape index (κ2) is 12.2. The van der Waals surface area contributed by atoms with Crippen LogP contribution in [0.1, 0.15) is 67.6 Å². The number of anilines is 2. The summed E-state index contributed by atoms with van der Waals surface area (Å²) in [7, 11) is 0. The summed E-state index contributed by atoms with van der Waals surface area (Å²) in [6.45, 7) is 3.72. The van der Waals surface area contributed by atoms with E-state index in [-0.39, 0.29) is 11.9 Å². The highest BCUT2D eigenvalue weighted by Crippen LogP contribution is 2.29. The van der Waals surface area contributed by atoms with E-state index >= 15 is 0 Å². The van der Waals surface area contributed by atoms with E-state index < -0.39 is 0 Å².